The molecule has 0 amide bonds. The van der Waals surface area contributed by atoms with Crippen LogP contribution in [0.1, 0.15) is 6.92 Å². The molecular weight excluding hydrogens is 196 g/mol. The Morgan fingerprint density at radius 2 is 2.50 bits per heavy atom. The van der Waals surface area contributed by atoms with E-state index < -0.39 is 0 Å². The van der Waals surface area contributed by atoms with Gasteiger partial charge in [-0.2, -0.15) is 11.8 Å². The maximum atomic E-state index is 11.2. The third-order valence-electron chi connectivity index (χ3n) is 3.36. The van der Waals surface area contributed by atoms with Crippen LogP contribution in [0.15, 0.2) is 0 Å². The predicted octanol–water partition coefficient (Wildman–Crippen LogP) is 0.417. The number of rotatable bonds is 1. The quantitative estimate of drug-likeness (QED) is 0.641. The molecule has 0 aromatic carbocycles. The van der Waals surface area contributed by atoms with E-state index in [1.54, 1.807) is 0 Å². The topological polar surface area (TPSA) is 32.3 Å². The van der Waals surface area contributed by atoms with Gasteiger partial charge in [0.15, 0.2) is 0 Å². The monoisotopic (exact) mass is 214 g/mol. The van der Waals surface area contributed by atoms with Gasteiger partial charge >= 0.3 is 0 Å². The summed E-state index contributed by atoms with van der Waals surface area (Å²) >= 11 is 1.98. The summed E-state index contributed by atoms with van der Waals surface area (Å²) < 4.78 is 0. The van der Waals surface area contributed by atoms with Crippen molar-refractivity contribution in [3.05, 3.63) is 0 Å². The van der Waals surface area contributed by atoms with Crippen LogP contribution >= 0.6 is 11.8 Å². The van der Waals surface area contributed by atoms with Crippen molar-refractivity contribution in [1.82, 2.24) is 10.2 Å². The summed E-state index contributed by atoms with van der Waals surface area (Å²) in [7, 11) is 0. The van der Waals surface area contributed by atoms with Crippen molar-refractivity contribution in [1.29, 1.82) is 0 Å². The number of hydrogen-bond donors (Lipinski definition) is 1. The fourth-order valence-electron chi connectivity index (χ4n) is 2.26. The summed E-state index contributed by atoms with van der Waals surface area (Å²) in [6.45, 7) is 6.07. The van der Waals surface area contributed by atoms with E-state index in [1.165, 1.54) is 12.0 Å². The highest BCUT2D eigenvalue weighted by Crippen LogP contribution is 2.32. The van der Waals surface area contributed by atoms with Gasteiger partial charge in [-0.15, -0.1) is 0 Å². The fourth-order valence-corrected chi connectivity index (χ4v) is 3.59. The van der Waals surface area contributed by atoms with Crippen molar-refractivity contribution in [2.24, 2.45) is 11.3 Å². The van der Waals surface area contributed by atoms with Crippen LogP contribution in [-0.2, 0) is 4.79 Å². The zero-order valence-corrected chi connectivity index (χ0v) is 9.48. The second-order valence-electron chi connectivity index (χ2n) is 4.56. The molecule has 0 spiro atoms. The molecule has 80 valence electrons. The van der Waals surface area contributed by atoms with Gasteiger partial charge < -0.3 is 10.1 Å². The third kappa shape index (κ3) is 1.97. The van der Waals surface area contributed by atoms with Gasteiger partial charge in [-0.05, 0) is 11.7 Å². The molecule has 2 rings (SSSR count). The molecule has 2 saturated heterocycles. The van der Waals surface area contributed by atoms with E-state index in [1.807, 2.05) is 11.8 Å². The molecule has 3 unspecified atom stereocenters. The number of carbonyl (C=O) groups is 1. The Balaban J connectivity index is 2.21. The second-order valence-corrected chi connectivity index (χ2v) is 5.71. The van der Waals surface area contributed by atoms with Crippen molar-refractivity contribution >= 4 is 18.0 Å². The minimum absolute atomic E-state index is 0.142. The van der Waals surface area contributed by atoms with Gasteiger partial charge in [0.2, 0.25) is 0 Å². The minimum Gasteiger partial charge on any atom is -0.304 e. The zero-order valence-electron chi connectivity index (χ0n) is 8.66. The predicted molar refractivity (Wildman–Crippen MR) is 59.4 cm³/mol. The molecule has 4 heteroatoms. The maximum absolute atomic E-state index is 11.2. The number of carbonyl (C=O) groups excluding carboxylic acids is 1. The van der Waals surface area contributed by atoms with E-state index >= 15 is 0 Å². The Morgan fingerprint density at radius 1 is 1.64 bits per heavy atom. The molecule has 3 nitrogen and oxygen atoms in total. The Morgan fingerprint density at radius 3 is 3.29 bits per heavy atom. The van der Waals surface area contributed by atoms with E-state index in [0.29, 0.717) is 5.92 Å². The summed E-state index contributed by atoms with van der Waals surface area (Å²) in [5.74, 6) is 2.82. The highest BCUT2D eigenvalue weighted by molar-refractivity contribution is 7.99. The summed E-state index contributed by atoms with van der Waals surface area (Å²) in [4.78, 5) is 13.6. The van der Waals surface area contributed by atoms with Gasteiger partial charge in [0, 0.05) is 37.5 Å². The van der Waals surface area contributed by atoms with E-state index in [9.17, 15) is 4.79 Å². The number of hydrogen-bond acceptors (Lipinski definition) is 4. The lowest BCUT2D eigenvalue weighted by Crippen LogP contribution is -2.43. The Kier molecular flexibility index (Phi) is 3.14. The minimum atomic E-state index is -0.142. The molecular formula is C10H18N2OS. The second kappa shape index (κ2) is 4.21. The average Bonchev–Trinajstić information content (AvgIpc) is 2.25. The summed E-state index contributed by atoms with van der Waals surface area (Å²) in [5.41, 5.74) is -0.142. The van der Waals surface area contributed by atoms with Crippen LogP contribution < -0.4 is 5.32 Å². The van der Waals surface area contributed by atoms with Gasteiger partial charge in [0.25, 0.3) is 0 Å². The molecule has 2 aliphatic rings. The largest absolute Gasteiger partial charge is 0.304 e. The number of aldehydes is 1. The molecule has 0 aliphatic carbocycles. The van der Waals surface area contributed by atoms with Gasteiger partial charge in [-0.1, -0.05) is 6.92 Å². The molecule has 0 saturated carbocycles. The van der Waals surface area contributed by atoms with Crippen molar-refractivity contribution < 1.29 is 4.79 Å². The number of thioether (sulfide) groups is 1. The van der Waals surface area contributed by atoms with E-state index in [4.69, 9.17) is 0 Å². The Bertz CT molecular complexity index is 220. The molecule has 3 atom stereocenters. The van der Waals surface area contributed by atoms with Gasteiger partial charge in [0.05, 0.1) is 0 Å². The Hall–Kier alpha value is -0.0600. The lowest BCUT2D eigenvalue weighted by molar-refractivity contribution is -0.118. The molecule has 2 fully saturated rings. The molecule has 2 bridgehead atoms. The van der Waals surface area contributed by atoms with Crippen LogP contribution in [0.3, 0.4) is 0 Å². The van der Waals surface area contributed by atoms with Crippen molar-refractivity contribution in [2.75, 3.05) is 37.8 Å². The smallest absolute Gasteiger partial charge is 0.127 e. The van der Waals surface area contributed by atoms with Crippen LogP contribution in [0.25, 0.3) is 0 Å². The molecule has 1 N–H and O–H groups in total. The molecule has 14 heavy (non-hydrogen) atoms. The fraction of sp³-hybridized carbons (Fsp3) is 0.900. The summed E-state index contributed by atoms with van der Waals surface area (Å²) in [6.07, 6.45) is 1.17. The molecule has 0 radical (unpaired) electrons. The van der Waals surface area contributed by atoms with Gasteiger partial charge in [-0.25, -0.2) is 0 Å². The van der Waals surface area contributed by atoms with Gasteiger partial charge in [-0.3, -0.25) is 4.90 Å². The van der Waals surface area contributed by atoms with Crippen LogP contribution in [-0.4, -0.2) is 49.0 Å². The highest BCUT2D eigenvalue weighted by Gasteiger charge is 2.38. The molecule has 2 aliphatic heterocycles. The van der Waals surface area contributed by atoms with Crippen molar-refractivity contribution in [3.8, 4) is 0 Å². The van der Waals surface area contributed by atoms with Crippen LogP contribution in [0.2, 0.25) is 0 Å². The lowest BCUT2D eigenvalue weighted by Gasteiger charge is -2.35. The van der Waals surface area contributed by atoms with Gasteiger partial charge in [0.1, 0.15) is 6.29 Å². The first-order chi connectivity index (χ1) is 6.74. The zero-order chi connectivity index (χ0) is 10.0. The van der Waals surface area contributed by atoms with Crippen LogP contribution in [0.5, 0.6) is 0 Å². The number of fused-ring (bicyclic) bond motifs is 3. The van der Waals surface area contributed by atoms with E-state index in [0.717, 1.165) is 32.1 Å². The highest BCUT2D eigenvalue weighted by atomic mass is 32.2. The average molecular weight is 214 g/mol. The van der Waals surface area contributed by atoms with E-state index in [-0.39, 0.29) is 5.41 Å². The molecule has 2 heterocycles. The number of nitrogens with zero attached hydrogens (tertiary/aromatic N) is 1. The van der Waals surface area contributed by atoms with Crippen LogP contribution in [0.4, 0.5) is 0 Å². The van der Waals surface area contributed by atoms with Crippen molar-refractivity contribution in [2.45, 2.75) is 6.92 Å². The normalized spacial score (nSPS) is 43.8. The number of nitrogens with one attached hydrogen (secondary N) is 1. The Labute approximate surface area is 89.6 Å². The third-order valence-corrected chi connectivity index (χ3v) is 4.47. The summed E-state index contributed by atoms with van der Waals surface area (Å²) in [6, 6.07) is 0. The van der Waals surface area contributed by atoms with E-state index in [2.05, 4.69) is 17.1 Å². The van der Waals surface area contributed by atoms with Crippen LogP contribution in [0, 0.1) is 11.3 Å². The lowest BCUT2D eigenvalue weighted by atomic mass is 9.79. The first kappa shape index (κ1) is 10.5. The maximum Gasteiger partial charge on any atom is 0.127 e. The first-order valence-corrected chi connectivity index (χ1v) is 6.37. The SMILES string of the molecule is CC1(C=O)CN2CCSCC1CNC2. The summed E-state index contributed by atoms with van der Waals surface area (Å²) in [5, 5.41) is 3.43. The van der Waals surface area contributed by atoms with Crippen molar-refractivity contribution in [3.63, 3.8) is 0 Å². The molecule has 0 aromatic heterocycles. The first-order valence-electron chi connectivity index (χ1n) is 5.22. The standard InChI is InChI=1S/C10H18N2OS/c1-10(7-13)6-12-2-3-14-5-9(10)4-11-8-12/h7,9,11H,2-6,8H2,1H3. The molecule has 0 aromatic rings.